The molecule has 0 aliphatic rings. The van der Waals surface area contributed by atoms with Crippen molar-refractivity contribution in [3.8, 4) is 0 Å². The maximum Gasteiger partial charge on any atom is 0.232 e. The summed E-state index contributed by atoms with van der Waals surface area (Å²) in [6.07, 6.45) is 1.67. The Kier molecular flexibility index (Phi) is 6.74. The van der Waals surface area contributed by atoms with Gasteiger partial charge in [-0.1, -0.05) is 37.3 Å². The van der Waals surface area contributed by atoms with Crippen LogP contribution in [-0.2, 0) is 27.8 Å². The fourth-order valence-electron chi connectivity index (χ4n) is 1.94. The average Bonchev–Trinajstić information content (AvgIpc) is 2.93. The molecule has 0 unspecified atom stereocenters. The third-order valence-corrected chi connectivity index (χ3v) is 5.07. The smallest absolute Gasteiger partial charge is 0.232 e. The molecule has 0 spiro atoms. The van der Waals surface area contributed by atoms with Gasteiger partial charge in [-0.3, -0.25) is 9.00 Å². The summed E-state index contributed by atoms with van der Waals surface area (Å²) in [7, 11) is -1.21. The summed E-state index contributed by atoms with van der Waals surface area (Å²) in [4.78, 5) is 16.0. The van der Waals surface area contributed by atoms with Crippen molar-refractivity contribution in [3.63, 3.8) is 0 Å². The predicted octanol–water partition coefficient (Wildman–Crippen LogP) is 2.51. The number of hydrogen-bond donors (Lipinski definition) is 1. The second-order valence-corrected chi connectivity index (χ2v) is 7.37. The molecule has 1 amide bonds. The zero-order valence-corrected chi connectivity index (χ0v) is 14.2. The largest absolute Gasteiger partial charge is 0.355 e. The highest BCUT2D eigenvalue weighted by Crippen LogP contribution is 2.15. The van der Waals surface area contributed by atoms with Crippen LogP contribution in [0.25, 0.3) is 0 Å². The van der Waals surface area contributed by atoms with Gasteiger partial charge < -0.3 is 5.32 Å². The molecule has 1 N–H and O–H groups in total. The lowest BCUT2D eigenvalue weighted by molar-refractivity contribution is -0.118. The minimum absolute atomic E-state index is 0.0472. The molecule has 1 aromatic heterocycles. The van der Waals surface area contributed by atoms with E-state index < -0.39 is 10.8 Å². The predicted molar refractivity (Wildman–Crippen MR) is 91.4 cm³/mol. The number of carbonyl (C=O) groups excluding carboxylic acids is 1. The number of nitrogens with one attached hydrogen (secondary N) is 1. The first-order valence-electron chi connectivity index (χ1n) is 7.26. The number of amides is 1. The van der Waals surface area contributed by atoms with Gasteiger partial charge in [0.2, 0.25) is 5.91 Å². The number of hydrogen-bond acceptors (Lipinski definition) is 4. The lowest BCUT2D eigenvalue weighted by atomic mass is 10.2. The molecule has 22 heavy (non-hydrogen) atoms. The van der Waals surface area contributed by atoms with Crippen LogP contribution in [0.4, 0.5) is 0 Å². The number of thiazole rings is 1. The molecule has 0 aliphatic heterocycles. The Morgan fingerprint density at radius 2 is 2.09 bits per heavy atom. The fourth-order valence-corrected chi connectivity index (χ4v) is 3.85. The van der Waals surface area contributed by atoms with Crippen LogP contribution in [0.1, 0.15) is 29.6 Å². The molecule has 2 rings (SSSR count). The van der Waals surface area contributed by atoms with Gasteiger partial charge in [0.15, 0.2) is 0 Å². The molecule has 0 aliphatic carbocycles. The molecule has 1 atom stereocenters. The molecule has 1 aromatic carbocycles. The van der Waals surface area contributed by atoms with Crippen LogP contribution in [0.5, 0.6) is 0 Å². The summed E-state index contributed by atoms with van der Waals surface area (Å²) in [5, 5.41) is 5.68. The Labute approximate surface area is 137 Å². The first kappa shape index (κ1) is 16.8. The van der Waals surface area contributed by atoms with Crippen molar-refractivity contribution in [1.82, 2.24) is 10.3 Å². The highest BCUT2D eigenvalue weighted by molar-refractivity contribution is 7.84. The van der Waals surface area contributed by atoms with Crippen LogP contribution in [0.2, 0.25) is 0 Å². The molecule has 0 saturated carbocycles. The van der Waals surface area contributed by atoms with Crippen LogP contribution in [0.15, 0.2) is 35.7 Å². The highest BCUT2D eigenvalue weighted by atomic mass is 32.2. The van der Waals surface area contributed by atoms with E-state index in [1.807, 2.05) is 30.5 Å². The zero-order chi connectivity index (χ0) is 15.8. The van der Waals surface area contributed by atoms with E-state index in [0.29, 0.717) is 12.3 Å². The molecule has 1 heterocycles. The van der Waals surface area contributed by atoms with E-state index >= 15 is 0 Å². The number of carbonyl (C=O) groups is 1. The summed E-state index contributed by atoms with van der Waals surface area (Å²) in [6.45, 7) is 2.62. The van der Waals surface area contributed by atoms with Gasteiger partial charge in [-0.2, -0.15) is 0 Å². The SMILES string of the molecule is CCCNC(=O)C[S@](=O)Cc1csc(Cc2ccccc2)n1. The number of rotatable bonds is 8. The van der Waals surface area contributed by atoms with Crippen molar-refractivity contribution in [3.05, 3.63) is 52.0 Å². The Balaban J connectivity index is 1.84. The highest BCUT2D eigenvalue weighted by Gasteiger charge is 2.11. The molecule has 0 bridgehead atoms. The maximum absolute atomic E-state index is 12.0. The average molecular weight is 336 g/mol. The third-order valence-electron chi connectivity index (χ3n) is 2.97. The van der Waals surface area contributed by atoms with Gasteiger partial charge >= 0.3 is 0 Å². The number of benzene rings is 1. The Morgan fingerprint density at radius 3 is 2.82 bits per heavy atom. The first-order valence-corrected chi connectivity index (χ1v) is 9.63. The third kappa shape index (κ3) is 5.69. The van der Waals surface area contributed by atoms with E-state index in [9.17, 15) is 9.00 Å². The lowest BCUT2D eigenvalue weighted by Crippen LogP contribution is -2.29. The van der Waals surface area contributed by atoms with E-state index in [-0.39, 0.29) is 11.7 Å². The Morgan fingerprint density at radius 1 is 1.32 bits per heavy atom. The molecular formula is C16H20N2O2S2. The van der Waals surface area contributed by atoms with Gasteiger partial charge in [0.05, 0.1) is 16.5 Å². The minimum atomic E-state index is -1.21. The maximum atomic E-state index is 12.0. The van der Waals surface area contributed by atoms with Crippen LogP contribution in [0.3, 0.4) is 0 Å². The van der Waals surface area contributed by atoms with E-state index in [1.54, 1.807) is 11.3 Å². The van der Waals surface area contributed by atoms with Crippen molar-refractivity contribution >= 4 is 28.0 Å². The number of aromatic nitrogens is 1. The van der Waals surface area contributed by atoms with Gasteiger partial charge in [0, 0.05) is 29.1 Å². The summed E-state index contributed by atoms with van der Waals surface area (Å²) in [6, 6.07) is 10.1. The quantitative estimate of drug-likeness (QED) is 0.806. The molecule has 4 nitrogen and oxygen atoms in total. The standard InChI is InChI=1S/C16H20N2O2S2/c1-2-8-17-15(19)12-22(20)11-14-10-21-16(18-14)9-13-6-4-3-5-7-13/h3-7,10H,2,8-9,11-12H2,1H3,(H,17,19)/t22-/m1/s1. The van der Waals surface area contributed by atoms with Crippen LogP contribution < -0.4 is 5.32 Å². The summed E-state index contributed by atoms with van der Waals surface area (Å²) < 4.78 is 12.0. The van der Waals surface area contributed by atoms with Gasteiger partial charge in [-0.15, -0.1) is 11.3 Å². The topological polar surface area (TPSA) is 59.1 Å². The van der Waals surface area contributed by atoms with E-state index in [2.05, 4.69) is 22.4 Å². The molecule has 0 fully saturated rings. The zero-order valence-electron chi connectivity index (χ0n) is 12.6. The van der Waals surface area contributed by atoms with E-state index in [4.69, 9.17) is 0 Å². The minimum Gasteiger partial charge on any atom is -0.355 e. The van der Waals surface area contributed by atoms with Crippen molar-refractivity contribution in [2.45, 2.75) is 25.5 Å². The van der Waals surface area contributed by atoms with Gasteiger partial charge in [-0.25, -0.2) is 4.98 Å². The Bertz CT molecular complexity index is 626. The van der Waals surface area contributed by atoms with Gasteiger partial charge in [-0.05, 0) is 12.0 Å². The summed E-state index contributed by atoms with van der Waals surface area (Å²) in [5.74, 6) is 0.232. The molecule has 2 aromatic rings. The molecule has 118 valence electrons. The molecule has 0 radical (unpaired) electrons. The molecule has 0 saturated heterocycles. The van der Waals surface area contributed by atoms with Crippen molar-refractivity contribution in [2.24, 2.45) is 0 Å². The summed E-state index contributed by atoms with van der Waals surface area (Å²) >= 11 is 1.57. The van der Waals surface area contributed by atoms with Crippen molar-refractivity contribution in [2.75, 3.05) is 12.3 Å². The Hall–Kier alpha value is -1.53. The van der Waals surface area contributed by atoms with Crippen LogP contribution in [-0.4, -0.2) is 27.4 Å². The van der Waals surface area contributed by atoms with Crippen molar-refractivity contribution in [1.29, 1.82) is 0 Å². The normalized spacial score (nSPS) is 12.0. The van der Waals surface area contributed by atoms with Crippen molar-refractivity contribution < 1.29 is 9.00 Å². The summed E-state index contributed by atoms with van der Waals surface area (Å²) in [5.41, 5.74) is 2.01. The fraction of sp³-hybridized carbons (Fsp3) is 0.375. The van der Waals surface area contributed by atoms with Crippen LogP contribution >= 0.6 is 11.3 Å². The second kappa shape index (κ2) is 8.80. The van der Waals surface area contributed by atoms with Gasteiger partial charge in [0.25, 0.3) is 0 Å². The second-order valence-electron chi connectivity index (χ2n) is 4.97. The van der Waals surface area contributed by atoms with Gasteiger partial charge in [0.1, 0.15) is 5.75 Å². The van der Waals surface area contributed by atoms with E-state index in [1.165, 1.54) is 5.56 Å². The van der Waals surface area contributed by atoms with Crippen LogP contribution in [0, 0.1) is 0 Å². The monoisotopic (exact) mass is 336 g/mol. The lowest BCUT2D eigenvalue weighted by Gasteiger charge is -2.02. The molecule has 6 heteroatoms. The van der Waals surface area contributed by atoms with E-state index in [0.717, 1.165) is 23.5 Å². The molecular weight excluding hydrogens is 316 g/mol. The number of nitrogens with zero attached hydrogens (tertiary/aromatic N) is 1. The first-order chi connectivity index (χ1) is 10.7.